The molecule has 0 amide bonds. The maximum absolute atomic E-state index is 12.7. The van der Waals surface area contributed by atoms with Crippen molar-refractivity contribution in [3.05, 3.63) is 53.6 Å². The average Bonchev–Trinajstić information content (AvgIpc) is 2.92. The van der Waals surface area contributed by atoms with Crippen molar-refractivity contribution in [2.24, 2.45) is 0 Å². The van der Waals surface area contributed by atoms with E-state index in [2.05, 4.69) is 5.10 Å². The highest BCUT2D eigenvalue weighted by Crippen LogP contribution is 2.38. The fraction of sp³-hybridized carbons (Fsp3) is 0.118. The summed E-state index contributed by atoms with van der Waals surface area (Å²) in [6.07, 6.45) is 0. The fourth-order valence-corrected chi connectivity index (χ4v) is 2.95. The van der Waals surface area contributed by atoms with Crippen molar-refractivity contribution in [1.82, 2.24) is 9.78 Å². The van der Waals surface area contributed by atoms with Gasteiger partial charge in [0, 0.05) is 22.1 Å². The maximum Gasteiger partial charge on any atom is 0.327 e. The molecule has 1 aliphatic carbocycles. The number of ether oxygens (including phenoxy) is 1. The van der Waals surface area contributed by atoms with Gasteiger partial charge in [-0.2, -0.15) is 5.10 Å². The zero-order valence-electron chi connectivity index (χ0n) is 11.9. The molecular weight excluding hydrogens is 280 g/mol. The summed E-state index contributed by atoms with van der Waals surface area (Å²) in [5.74, 6) is -0.383. The molecule has 108 valence electrons. The Morgan fingerprint density at radius 3 is 2.59 bits per heavy atom. The summed E-state index contributed by atoms with van der Waals surface area (Å²) in [4.78, 5) is 24.2. The van der Waals surface area contributed by atoms with Gasteiger partial charge in [-0.3, -0.25) is 14.3 Å². The Hall–Kier alpha value is -2.95. The van der Waals surface area contributed by atoms with Crippen LogP contribution < -0.4 is 0 Å². The van der Waals surface area contributed by atoms with Crippen LogP contribution in [0.25, 0.3) is 22.2 Å². The van der Waals surface area contributed by atoms with Crippen LogP contribution in [-0.2, 0) is 16.1 Å². The molecule has 0 saturated heterocycles. The van der Waals surface area contributed by atoms with Gasteiger partial charge in [0.2, 0.25) is 0 Å². The quantitative estimate of drug-likeness (QED) is 0.532. The van der Waals surface area contributed by atoms with Crippen LogP contribution in [0.3, 0.4) is 0 Å². The highest BCUT2D eigenvalue weighted by atomic mass is 16.5. The van der Waals surface area contributed by atoms with Gasteiger partial charge < -0.3 is 4.74 Å². The molecule has 0 saturated carbocycles. The Labute approximate surface area is 126 Å². The molecule has 3 aromatic rings. The number of hydrogen-bond acceptors (Lipinski definition) is 4. The van der Waals surface area contributed by atoms with Crippen molar-refractivity contribution >= 4 is 22.7 Å². The Kier molecular flexibility index (Phi) is 2.63. The third-order valence-electron chi connectivity index (χ3n) is 3.96. The predicted octanol–water partition coefficient (Wildman–Crippen LogP) is 2.42. The number of rotatable bonds is 2. The Balaban J connectivity index is 2.05. The molecule has 0 aliphatic heterocycles. The summed E-state index contributed by atoms with van der Waals surface area (Å²) < 4.78 is 6.31. The molecule has 1 aliphatic rings. The fourth-order valence-electron chi connectivity index (χ4n) is 2.95. The van der Waals surface area contributed by atoms with Gasteiger partial charge in [-0.15, -0.1) is 0 Å². The van der Waals surface area contributed by atoms with Crippen molar-refractivity contribution in [2.75, 3.05) is 7.11 Å². The molecule has 4 rings (SSSR count). The number of carbonyl (C=O) groups is 2. The number of carbonyl (C=O) groups excluding carboxylic acids is 2. The third-order valence-corrected chi connectivity index (χ3v) is 3.96. The number of methoxy groups -OCH3 is 1. The first-order valence-electron chi connectivity index (χ1n) is 6.91. The Morgan fingerprint density at radius 2 is 1.82 bits per heavy atom. The van der Waals surface area contributed by atoms with Gasteiger partial charge in [0.1, 0.15) is 12.2 Å². The van der Waals surface area contributed by atoms with Gasteiger partial charge in [0.05, 0.1) is 12.6 Å². The lowest BCUT2D eigenvalue weighted by atomic mass is 9.87. The first-order valence-corrected chi connectivity index (χ1v) is 6.91. The van der Waals surface area contributed by atoms with Crippen molar-refractivity contribution < 1.29 is 14.3 Å². The van der Waals surface area contributed by atoms with E-state index in [9.17, 15) is 9.59 Å². The maximum atomic E-state index is 12.7. The second-order valence-corrected chi connectivity index (χ2v) is 5.16. The number of nitrogens with zero attached hydrogens (tertiary/aromatic N) is 2. The van der Waals surface area contributed by atoms with Crippen LogP contribution in [0.1, 0.15) is 15.9 Å². The number of benzene rings is 2. The smallest absolute Gasteiger partial charge is 0.327 e. The molecule has 0 spiro atoms. The van der Waals surface area contributed by atoms with Crippen LogP contribution >= 0.6 is 0 Å². The van der Waals surface area contributed by atoms with Crippen LogP contribution in [0.4, 0.5) is 0 Å². The lowest BCUT2D eigenvalue weighted by Crippen LogP contribution is -2.12. The molecular formula is C17H12N2O3. The van der Waals surface area contributed by atoms with E-state index in [1.54, 1.807) is 16.8 Å². The largest absolute Gasteiger partial charge is 0.468 e. The van der Waals surface area contributed by atoms with E-state index >= 15 is 0 Å². The van der Waals surface area contributed by atoms with Crippen molar-refractivity contribution in [3.63, 3.8) is 0 Å². The van der Waals surface area contributed by atoms with Crippen LogP contribution in [0.15, 0.2) is 42.5 Å². The monoisotopic (exact) mass is 292 g/mol. The van der Waals surface area contributed by atoms with E-state index in [0.29, 0.717) is 11.1 Å². The van der Waals surface area contributed by atoms with Gasteiger partial charge in [0.25, 0.3) is 0 Å². The predicted molar refractivity (Wildman–Crippen MR) is 80.6 cm³/mol. The summed E-state index contributed by atoms with van der Waals surface area (Å²) >= 11 is 0. The van der Waals surface area contributed by atoms with E-state index in [0.717, 1.165) is 22.2 Å². The zero-order chi connectivity index (χ0) is 15.3. The molecule has 0 unspecified atom stereocenters. The Bertz CT molecular complexity index is 940. The van der Waals surface area contributed by atoms with Crippen molar-refractivity contribution in [1.29, 1.82) is 0 Å². The molecule has 0 bridgehead atoms. The van der Waals surface area contributed by atoms with E-state index in [-0.39, 0.29) is 18.3 Å². The zero-order valence-corrected chi connectivity index (χ0v) is 11.9. The number of hydrogen-bond donors (Lipinski definition) is 0. The minimum absolute atomic E-state index is 0.00804. The topological polar surface area (TPSA) is 61.2 Å². The second kappa shape index (κ2) is 4.53. The number of fused-ring (bicyclic) bond motifs is 2. The third kappa shape index (κ3) is 1.62. The highest BCUT2D eigenvalue weighted by molar-refractivity contribution is 6.25. The summed E-state index contributed by atoms with van der Waals surface area (Å²) in [5.41, 5.74) is 3.58. The van der Waals surface area contributed by atoms with E-state index in [1.807, 2.05) is 30.3 Å². The van der Waals surface area contributed by atoms with Gasteiger partial charge in [0.15, 0.2) is 5.78 Å². The van der Waals surface area contributed by atoms with Gasteiger partial charge in [-0.05, 0) is 6.07 Å². The number of ketones is 1. The lowest BCUT2D eigenvalue weighted by molar-refractivity contribution is -0.141. The molecule has 0 fully saturated rings. The summed E-state index contributed by atoms with van der Waals surface area (Å²) in [6, 6.07) is 12.9. The molecule has 5 nitrogen and oxygen atoms in total. The molecule has 1 aromatic heterocycles. The molecule has 0 atom stereocenters. The van der Waals surface area contributed by atoms with Crippen LogP contribution in [0.2, 0.25) is 0 Å². The average molecular weight is 292 g/mol. The molecule has 2 aromatic carbocycles. The van der Waals surface area contributed by atoms with Gasteiger partial charge >= 0.3 is 5.97 Å². The normalized spacial score (nSPS) is 12.3. The summed E-state index contributed by atoms with van der Waals surface area (Å²) in [7, 11) is 1.34. The first kappa shape index (κ1) is 12.8. The molecule has 0 radical (unpaired) electrons. The first-order chi connectivity index (χ1) is 10.7. The molecule has 0 N–H and O–H groups in total. The SMILES string of the molecule is COC(=O)Cn1nc2c3c(cccc31)C(=O)c1ccccc1-2. The highest BCUT2D eigenvalue weighted by Gasteiger charge is 2.28. The van der Waals surface area contributed by atoms with Crippen LogP contribution in [0, 0.1) is 0 Å². The summed E-state index contributed by atoms with van der Waals surface area (Å²) in [5, 5.41) is 5.35. The van der Waals surface area contributed by atoms with Gasteiger partial charge in [-0.25, -0.2) is 0 Å². The van der Waals surface area contributed by atoms with E-state index in [4.69, 9.17) is 4.74 Å². The number of esters is 1. The molecule has 1 heterocycles. The molecule has 22 heavy (non-hydrogen) atoms. The lowest BCUT2D eigenvalue weighted by Gasteiger charge is -2.13. The van der Waals surface area contributed by atoms with Crippen LogP contribution in [-0.4, -0.2) is 28.6 Å². The standard InChI is InChI=1S/C17H12N2O3/c1-22-14(20)9-19-13-8-4-7-12-15(13)16(18-19)10-5-2-3-6-11(10)17(12)21/h2-8H,9H2,1H3. The summed E-state index contributed by atoms with van der Waals surface area (Å²) in [6.45, 7) is 0.0206. The van der Waals surface area contributed by atoms with Crippen LogP contribution in [0.5, 0.6) is 0 Å². The minimum atomic E-state index is -0.375. The second-order valence-electron chi connectivity index (χ2n) is 5.16. The van der Waals surface area contributed by atoms with Gasteiger partial charge in [-0.1, -0.05) is 36.4 Å². The van der Waals surface area contributed by atoms with E-state index < -0.39 is 0 Å². The minimum Gasteiger partial charge on any atom is -0.468 e. The molecule has 5 heteroatoms. The number of aromatic nitrogens is 2. The van der Waals surface area contributed by atoms with E-state index in [1.165, 1.54) is 7.11 Å². The Morgan fingerprint density at radius 1 is 1.09 bits per heavy atom. The van der Waals surface area contributed by atoms with Crippen molar-refractivity contribution in [2.45, 2.75) is 6.54 Å². The van der Waals surface area contributed by atoms with Crippen molar-refractivity contribution in [3.8, 4) is 11.3 Å².